The molecule has 0 spiro atoms. The van der Waals surface area contributed by atoms with Crippen LogP contribution in [0.1, 0.15) is 42.9 Å². The average molecular weight is 228 g/mol. The number of hydrogen-bond donors (Lipinski definition) is 2. The maximum Gasteiger partial charge on any atom is 0.312 e. The first kappa shape index (κ1) is 4.49. The second-order valence-electron chi connectivity index (χ2n) is 3.22. The molecular weight excluding hydrogens is 202 g/mol. The number of rotatable bonds is 3. The predicted octanol–water partition coefficient (Wildman–Crippen LogP) is 2.00. The van der Waals surface area contributed by atoms with Gasteiger partial charge in [-0.15, -0.1) is 0 Å². The zero-order chi connectivity index (χ0) is 19.5. The third-order valence-electron chi connectivity index (χ3n) is 2.19. The van der Waals surface area contributed by atoms with Crippen LogP contribution < -0.4 is 5.32 Å². The van der Waals surface area contributed by atoms with E-state index in [0.717, 1.165) is 0 Å². The van der Waals surface area contributed by atoms with E-state index >= 15 is 0 Å². The van der Waals surface area contributed by atoms with E-state index in [1.165, 1.54) is 24.3 Å². The highest BCUT2D eigenvalue weighted by molar-refractivity contribution is 5.77. The van der Waals surface area contributed by atoms with Crippen molar-refractivity contribution >= 4 is 5.97 Å². The molecule has 2 rings (SSSR count). The Morgan fingerprint density at radius 2 is 2.25 bits per heavy atom. The number of aliphatic carboxylic acids is 1. The summed E-state index contributed by atoms with van der Waals surface area (Å²) in [4.78, 5) is 11.8. The summed E-state index contributed by atoms with van der Waals surface area (Å²) in [5.74, 6) is -3.64. The molecule has 0 aliphatic carbocycles. The van der Waals surface area contributed by atoms with E-state index in [9.17, 15) is 9.90 Å². The fourth-order valence-electron chi connectivity index (χ4n) is 1.48. The molecule has 0 unspecified atom stereocenters. The van der Waals surface area contributed by atoms with Crippen LogP contribution in [0, 0.1) is 0 Å². The van der Waals surface area contributed by atoms with Gasteiger partial charge in [0.25, 0.3) is 0 Å². The molecule has 0 saturated carbocycles. The van der Waals surface area contributed by atoms with Crippen molar-refractivity contribution in [2.75, 3.05) is 6.50 Å². The number of carboxylic acid groups (broad SMARTS) is 1. The van der Waals surface area contributed by atoms with Crippen molar-refractivity contribution in [2.24, 2.45) is 0 Å². The van der Waals surface area contributed by atoms with E-state index in [0.29, 0.717) is 0 Å². The Morgan fingerprint density at radius 3 is 2.94 bits per heavy atom. The molecule has 0 bridgehead atoms. The van der Waals surface area contributed by atoms with Crippen LogP contribution >= 0.6 is 0 Å². The summed E-state index contributed by atoms with van der Waals surface area (Å²) in [6, 6.07) is 4.07. The smallest absolute Gasteiger partial charge is 0.312 e. The number of piperidine rings is 1. The van der Waals surface area contributed by atoms with E-state index in [1.807, 2.05) is 5.32 Å². The van der Waals surface area contributed by atoms with Crippen LogP contribution in [0.5, 0.6) is 0 Å². The Balaban J connectivity index is 2.74. The highest BCUT2D eigenvalue weighted by Crippen LogP contribution is 2.25. The zero-order valence-electron chi connectivity index (χ0n) is 17.3. The highest BCUT2D eigenvalue weighted by Gasteiger charge is 2.30. The minimum Gasteiger partial charge on any atom is -0.481 e. The Hall–Kier alpha value is -1.35. The molecule has 1 aromatic rings. The average Bonchev–Trinajstić information content (AvgIpc) is 2.45. The summed E-state index contributed by atoms with van der Waals surface area (Å²) in [6.45, 7) is -3.19. The molecule has 0 aromatic heterocycles. The lowest BCUT2D eigenvalue weighted by atomic mass is 9.86. The lowest BCUT2D eigenvalue weighted by molar-refractivity contribution is -0.139. The van der Waals surface area contributed by atoms with E-state index < -0.39 is 43.5 Å². The maximum absolute atomic E-state index is 11.8. The van der Waals surface area contributed by atoms with Gasteiger partial charge in [0, 0.05) is 18.4 Å². The number of benzene rings is 1. The Morgan fingerprint density at radius 1 is 1.50 bits per heavy atom. The summed E-state index contributed by atoms with van der Waals surface area (Å²) < 4.78 is 71.2. The molecule has 0 amide bonds. The van der Waals surface area contributed by atoms with Gasteiger partial charge in [-0.3, -0.25) is 4.79 Å². The summed E-state index contributed by atoms with van der Waals surface area (Å²) in [7, 11) is 0. The van der Waals surface area contributed by atoms with E-state index in [-0.39, 0.29) is 5.56 Å². The largest absolute Gasteiger partial charge is 0.481 e. The van der Waals surface area contributed by atoms with Crippen molar-refractivity contribution < 1.29 is 22.2 Å². The van der Waals surface area contributed by atoms with Crippen molar-refractivity contribution in [1.29, 1.82) is 0 Å². The molecule has 2 atom stereocenters. The molecule has 1 heterocycles. The lowest BCUT2D eigenvalue weighted by Crippen LogP contribution is -2.41. The fourth-order valence-corrected chi connectivity index (χ4v) is 1.48. The summed E-state index contributed by atoms with van der Waals surface area (Å²) in [6.07, 6.45) is -10.2. The summed E-state index contributed by atoms with van der Waals surface area (Å²) >= 11 is 0. The SMILES string of the molecule is [2H]C1([2H])N[C@@]([2H])([C@H](C(=O)O)c2ccccc2)C([2H])([2H])C([2H])([2H])C1([2H])[2H]. The highest BCUT2D eigenvalue weighted by atomic mass is 16.4. The van der Waals surface area contributed by atoms with E-state index in [1.54, 1.807) is 6.07 Å². The minimum absolute atomic E-state index is 0.0320. The zero-order valence-corrected chi connectivity index (χ0v) is 8.32. The Kier molecular flexibility index (Phi) is 1.44. The van der Waals surface area contributed by atoms with Gasteiger partial charge in [-0.2, -0.15) is 0 Å². The van der Waals surface area contributed by atoms with Crippen molar-refractivity contribution in [3.05, 3.63) is 35.9 Å². The van der Waals surface area contributed by atoms with Crippen molar-refractivity contribution in [2.45, 2.75) is 31.1 Å². The Labute approximate surface area is 108 Å². The van der Waals surface area contributed by atoms with Gasteiger partial charge in [0.15, 0.2) is 0 Å². The number of hydrogen-bond acceptors (Lipinski definition) is 2. The molecule has 16 heavy (non-hydrogen) atoms. The molecule has 2 N–H and O–H groups in total. The first-order valence-corrected chi connectivity index (χ1v) is 4.70. The van der Waals surface area contributed by atoms with Crippen molar-refractivity contribution in [1.82, 2.24) is 5.32 Å². The van der Waals surface area contributed by atoms with Crippen molar-refractivity contribution in [3.8, 4) is 0 Å². The van der Waals surface area contributed by atoms with Gasteiger partial charge in [-0.25, -0.2) is 0 Å². The van der Waals surface area contributed by atoms with E-state index in [2.05, 4.69) is 0 Å². The quantitative estimate of drug-likeness (QED) is 0.832. The first-order chi connectivity index (χ1) is 11.1. The molecule has 1 aromatic carbocycles. The number of carboxylic acids is 1. The topological polar surface area (TPSA) is 49.3 Å². The molecule has 1 saturated heterocycles. The van der Waals surface area contributed by atoms with Gasteiger partial charge in [-0.05, 0) is 24.8 Å². The monoisotopic (exact) mass is 228 g/mol. The van der Waals surface area contributed by atoms with Crippen LogP contribution in [-0.4, -0.2) is 23.6 Å². The second-order valence-corrected chi connectivity index (χ2v) is 3.22. The fraction of sp³-hybridized carbons (Fsp3) is 0.462. The molecule has 3 nitrogen and oxygen atoms in total. The van der Waals surface area contributed by atoms with Gasteiger partial charge in [-0.1, -0.05) is 36.7 Å². The second kappa shape index (κ2) is 5.12. The van der Waals surface area contributed by atoms with Crippen LogP contribution in [0.3, 0.4) is 0 Å². The maximum atomic E-state index is 11.8. The van der Waals surface area contributed by atoms with Crippen LogP contribution in [0.25, 0.3) is 0 Å². The molecule has 1 fully saturated rings. The minimum atomic E-state index is -3.49. The molecule has 1 aliphatic rings. The van der Waals surface area contributed by atoms with Gasteiger partial charge < -0.3 is 10.4 Å². The van der Waals surface area contributed by atoms with Gasteiger partial charge in [0.2, 0.25) is 0 Å². The molecule has 3 heteroatoms. The third kappa shape index (κ3) is 2.42. The van der Waals surface area contributed by atoms with Gasteiger partial charge in [0.1, 0.15) is 0 Å². The Bertz CT molecular complexity index is 679. The first-order valence-electron chi connectivity index (χ1n) is 9.20. The van der Waals surface area contributed by atoms with Crippen LogP contribution in [0.4, 0.5) is 0 Å². The summed E-state index contributed by atoms with van der Waals surface area (Å²) in [5, 5.41) is 11.4. The van der Waals surface area contributed by atoms with Crippen LogP contribution in [0.15, 0.2) is 30.3 Å². The van der Waals surface area contributed by atoms with Crippen LogP contribution in [-0.2, 0) is 4.79 Å². The number of carbonyl (C=O) groups is 1. The molecule has 86 valence electrons. The molecule has 1 aliphatic heterocycles. The molecule has 0 radical (unpaired) electrons. The summed E-state index contributed by atoms with van der Waals surface area (Å²) in [5.41, 5.74) is -0.0320. The number of nitrogens with one attached hydrogen (secondary N) is 1. The van der Waals surface area contributed by atoms with Gasteiger partial charge in [0.05, 0.1) is 5.92 Å². The van der Waals surface area contributed by atoms with Crippen LogP contribution in [0.2, 0.25) is 0 Å². The van der Waals surface area contributed by atoms with Crippen molar-refractivity contribution in [3.63, 3.8) is 0 Å². The predicted molar refractivity (Wildman–Crippen MR) is 62.5 cm³/mol. The van der Waals surface area contributed by atoms with E-state index in [4.69, 9.17) is 12.3 Å². The lowest BCUT2D eigenvalue weighted by Gasteiger charge is -2.29. The van der Waals surface area contributed by atoms with Gasteiger partial charge >= 0.3 is 5.97 Å². The standard InChI is InChI=1S/C13H17NO2/c15-13(16)12(10-6-2-1-3-7-10)11-8-4-5-9-14-11/h1-3,6-7,11-12,14H,4-5,8-9H2,(H,15,16)/t11-,12-/m1/s1/i4D2,5D2,8D2,9D2,11D. The third-order valence-corrected chi connectivity index (χ3v) is 2.19. The normalized spacial score (nSPS) is 48.1. The molecular formula is C13H17NO2.